The average Bonchev–Trinajstić information content (AvgIpc) is 2.32. The normalized spacial score (nSPS) is 11.7. The first-order valence-corrected chi connectivity index (χ1v) is 4.43. The fourth-order valence-corrected chi connectivity index (χ4v) is 1.62. The van der Waals surface area contributed by atoms with E-state index in [0.29, 0.717) is 16.7 Å². The summed E-state index contributed by atoms with van der Waals surface area (Å²) in [5.74, 6) is 0. The third kappa shape index (κ3) is 3.08. The van der Waals surface area contributed by atoms with Crippen LogP contribution in [0.15, 0.2) is 17.3 Å². The molecule has 12 heavy (non-hydrogen) atoms. The van der Waals surface area contributed by atoms with Crippen LogP contribution in [0.4, 0.5) is 4.39 Å². The van der Waals surface area contributed by atoms with Crippen LogP contribution >= 0.6 is 35.0 Å². The molecule has 0 bridgehead atoms. The number of nitrogens with zero attached hydrogens (tertiary/aromatic N) is 2. The highest BCUT2D eigenvalue weighted by atomic mass is 35.5. The van der Waals surface area contributed by atoms with Gasteiger partial charge in [-0.25, -0.2) is 0 Å². The molecule has 0 atom stereocenters. The molecule has 0 amide bonds. The molecule has 0 radical (unpaired) electrons. The summed E-state index contributed by atoms with van der Waals surface area (Å²) >= 11 is 10.8. The molecule has 1 aromatic heterocycles. The maximum atomic E-state index is 12.6. The Kier molecular flexibility index (Phi) is 3.09. The minimum absolute atomic E-state index is 0.490. The summed E-state index contributed by atoms with van der Waals surface area (Å²) < 4.78 is 10.3. The topological polar surface area (TPSA) is 27.1 Å². The first-order valence-electron chi connectivity index (χ1n) is 2.86. The predicted octanol–water partition coefficient (Wildman–Crippen LogP) is 2.09. The van der Waals surface area contributed by atoms with Gasteiger partial charge in [-0.3, -0.25) is 0 Å². The van der Waals surface area contributed by atoms with Crippen molar-refractivity contribution in [2.24, 2.45) is 0 Å². The van der Waals surface area contributed by atoms with Gasteiger partial charge in [-0.15, -0.1) is 9.94 Å². The Morgan fingerprint density at radius 3 is 2.83 bits per heavy atom. The second kappa shape index (κ2) is 3.72. The second-order valence-corrected chi connectivity index (χ2v) is 4.73. The van der Waals surface area contributed by atoms with Crippen LogP contribution in [-0.4, -0.2) is 21.0 Å². The zero-order valence-electron chi connectivity index (χ0n) is 6.00. The molecule has 68 valence electrons. The smallest absolute Gasteiger partial charge is 0.309 e. The Morgan fingerprint density at radius 2 is 2.42 bits per heavy atom. The SMILES string of the molecule is COn1cc(SC(F)(Cl)Cl)cn1. The van der Waals surface area contributed by atoms with Gasteiger partial charge in [0.25, 0.3) is 0 Å². The van der Waals surface area contributed by atoms with E-state index in [1.54, 1.807) is 0 Å². The first-order chi connectivity index (χ1) is 5.51. The van der Waals surface area contributed by atoms with E-state index in [-0.39, 0.29) is 0 Å². The highest BCUT2D eigenvalue weighted by Crippen LogP contribution is 2.40. The van der Waals surface area contributed by atoms with Gasteiger partial charge in [0.1, 0.15) is 7.11 Å². The van der Waals surface area contributed by atoms with E-state index in [0.717, 1.165) is 0 Å². The lowest BCUT2D eigenvalue weighted by molar-refractivity contribution is 0.133. The molecule has 3 nitrogen and oxygen atoms in total. The minimum Gasteiger partial charge on any atom is -0.400 e. The molecule has 0 aromatic carbocycles. The van der Waals surface area contributed by atoms with Crippen molar-refractivity contribution in [1.82, 2.24) is 9.94 Å². The lowest BCUT2D eigenvalue weighted by Gasteiger charge is -2.04. The molecule has 7 heteroatoms. The van der Waals surface area contributed by atoms with Gasteiger partial charge >= 0.3 is 3.92 Å². The highest BCUT2D eigenvalue weighted by molar-refractivity contribution is 8.03. The van der Waals surface area contributed by atoms with Crippen LogP contribution in [0.25, 0.3) is 0 Å². The summed E-state index contributed by atoms with van der Waals surface area (Å²) in [6, 6.07) is 0. The van der Waals surface area contributed by atoms with Gasteiger partial charge in [-0.1, -0.05) is 23.2 Å². The number of rotatable bonds is 3. The number of thioether (sulfide) groups is 1. The average molecular weight is 231 g/mol. The summed E-state index contributed by atoms with van der Waals surface area (Å²) in [5.41, 5.74) is 0. The quantitative estimate of drug-likeness (QED) is 0.588. The summed E-state index contributed by atoms with van der Waals surface area (Å²) in [5, 5.41) is 3.71. The van der Waals surface area contributed by atoms with Crippen molar-refractivity contribution in [3.63, 3.8) is 0 Å². The number of hydrogen-bond donors (Lipinski definition) is 0. The third-order valence-electron chi connectivity index (χ3n) is 0.957. The zero-order valence-corrected chi connectivity index (χ0v) is 8.33. The molecule has 0 aliphatic carbocycles. The zero-order chi connectivity index (χ0) is 9.19. The first kappa shape index (κ1) is 9.95. The Balaban J connectivity index is 2.64. The van der Waals surface area contributed by atoms with E-state index < -0.39 is 3.92 Å². The van der Waals surface area contributed by atoms with Crippen LogP contribution in [0.1, 0.15) is 0 Å². The minimum atomic E-state index is -2.33. The monoisotopic (exact) mass is 230 g/mol. The molecule has 1 aromatic rings. The predicted molar refractivity (Wildman–Crippen MR) is 46.1 cm³/mol. The van der Waals surface area contributed by atoms with Crippen molar-refractivity contribution < 1.29 is 9.23 Å². The Morgan fingerprint density at radius 1 is 1.75 bits per heavy atom. The van der Waals surface area contributed by atoms with E-state index in [1.165, 1.54) is 24.3 Å². The number of aromatic nitrogens is 2. The fraction of sp³-hybridized carbons (Fsp3) is 0.400. The number of halogens is 3. The van der Waals surface area contributed by atoms with E-state index in [4.69, 9.17) is 28.0 Å². The molecule has 0 aliphatic heterocycles. The van der Waals surface area contributed by atoms with E-state index in [1.807, 2.05) is 0 Å². The molecule has 0 fully saturated rings. The van der Waals surface area contributed by atoms with Gasteiger partial charge < -0.3 is 4.84 Å². The van der Waals surface area contributed by atoms with Gasteiger partial charge in [0.2, 0.25) is 0 Å². The third-order valence-corrected chi connectivity index (χ3v) is 2.10. The summed E-state index contributed by atoms with van der Waals surface area (Å²) in [7, 11) is 1.44. The molecule has 0 aliphatic rings. The molecular formula is C5H5Cl2FN2OS. The van der Waals surface area contributed by atoms with Crippen LogP contribution in [0, 0.1) is 0 Å². The van der Waals surface area contributed by atoms with Crippen LogP contribution in [0.2, 0.25) is 0 Å². The maximum Gasteiger partial charge on any atom is 0.309 e. The van der Waals surface area contributed by atoms with Crippen molar-refractivity contribution >= 4 is 35.0 Å². The number of alkyl halides is 3. The van der Waals surface area contributed by atoms with Crippen LogP contribution in [0.5, 0.6) is 0 Å². The Hall–Kier alpha value is -0.130. The molecule has 0 unspecified atom stereocenters. The van der Waals surface area contributed by atoms with Crippen molar-refractivity contribution in [3.8, 4) is 0 Å². The molecule has 0 spiro atoms. The van der Waals surface area contributed by atoms with E-state index in [2.05, 4.69) is 5.10 Å². The molecular weight excluding hydrogens is 226 g/mol. The number of hydrogen-bond acceptors (Lipinski definition) is 3. The van der Waals surface area contributed by atoms with Gasteiger partial charge in [-0.05, 0) is 11.8 Å². The lowest BCUT2D eigenvalue weighted by Crippen LogP contribution is -2.04. The lowest BCUT2D eigenvalue weighted by atomic mass is 10.7. The summed E-state index contributed by atoms with van der Waals surface area (Å²) in [6.07, 6.45) is 2.86. The van der Waals surface area contributed by atoms with Crippen molar-refractivity contribution in [3.05, 3.63) is 12.4 Å². The van der Waals surface area contributed by atoms with Crippen molar-refractivity contribution in [2.45, 2.75) is 8.81 Å². The standard InChI is InChI=1S/C5H5Cl2FN2OS/c1-11-10-3-4(2-9-10)12-5(6,7)8/h2-3H,1H3. The Bertz CT molecular complexity index is 262. The van der Waals surface area contributed by atoms with Gasteiger partial charge in [0, 0.05) is 0 Å². The van der Waals surface area contributed by atoms with Crippen LogP contribution in [0.3, 0.4) is 0 Å². The Labute approximate surface area is 82.7 Å². The maximum absolute atomic E-state index is 12.6. The van der Waals surface area contributed by atoms with Crippen LogP contribution < -0.4 is 4.84 Å². The molecule has 1 heterocycles. The molecule has 0 N–H and O–H groups in total. The molecule has 0 saturated carbocycles. The second-order valence-electron chi connectivity index (χ2n) is 1.81. The van der Waals surface area contributed by atoms with Crippen molar-refractivity contribution in [1.29, 1.82) is 0 Å². The van der Waals surface area contributed by atoms with Gasteiger partial charge in [0.05, 0.1) is 17.3 Å². The summed E-state index contributed by atoms with van der Waals surface area (Å²) in [6.45, 7) is 0. The van der Waals surface area contributed by atoms with E-state index >= 15 is 0 Å². The van der Waals surface area contributed by atoms with Crippen molar-refractivity contribution in [2.75, 3.05) is 7.11 Å². The molecule has 1 rings (SSSR count). The van der Waals surface area contributed by atoms with Gasteiger partial charge in [0.15, 0.2) is 0 Å². The molecule has 0 saturated heterocycles. The highest BCUT2D eigenvalue weighted by Gasteiger charge is 2.24. The van der Waals surface area contributed by atoms with E-state index in [9.17, 15) is 4.39 Å². The summed E-state index contributed by atoms with van der Waals surface area (Å²) in [4.78, 5) is 6.35. The largest absolute Gasteiger partial charge is 0.400 e. The van der Waals surface area contributed by atoms with Crippen LogP contribution in [-0.2, 0) is 0 Å². The van der Waals surface area contributed by atoms with Gasteiger partial charge in [-0.2, -0.15) is 4.39 Å². The fourth-order valence-electron chi connectivity index (χ4n) is 0.576.